The van der Waals surface area contributed by atoms with Crippen molar-refractivity contribution in [1.29, 1.82) is 0 Å². The molecule has 2 aromatic rings. The molecule has 9 nitrogen and oxygen atoms in total. The summed E-state index contributed by atoms with van der Waals surface area (Å²) < 4.78 is 34.3. The van der Waals surface area contributed by atoms with Gasteiger partial charge in [0.15, 0.2) is 6.10 Å². The van der Waals surface area contributed by atoms with E-state index in [1.54, 1.807) is 19.9 Å². The fourth-order valence-electron chi connectivity index (χ4n) is 5.20. The van der Waals surface area contributed by atoms with Gasteiger partial charge in [-0.15, -0.1) is 0 Å². The van der Waals surface area contributed by atoms with Crippen molar-refractivity contribution in [3.8, 4) is 5.75 Å². The molecule has 0 aliphatic carbocycles. The van der Waals surface area contributed by atoms with E-state index in [0.29, 0.717) is 49.5 Å². The van der Waals surface area contributed by atoms with Crippen LogP contribution < -0.4 is 15.0 Å². The predicted molar refractivity (Wildman–Crippen MR) is 137 cm³/mol. The molecular formula is C26H32N4O5S. The molecule has 2 fully saturated rings. The molecule has 0 radical (unpaired) electrons. The zero-order valence-corrected chi connectivity index (χ0v) is 21.5. The standard InChI is InChI=1S/C26H32N4O5S/c1-18-15-22-23(35-19(2)25(31)27-22)16-24(18)36(33,34)30-10-6-7-20(17-30)26(32)29-13-11-28(12-14-29)21-8-4-3-5-9-21/h3-5,8-9,15-16,19-20H,6-7,10-14,17H2,1-2H3,(H,27,31)/t19-,20+/m0/s1. The monoisotopic (exact) mass is 512 g/mol. The number of anilines is 2. The second-order valence-corrected chi connectivity index (χ2v) is 11.6. The van der Waals surface area contributed by atoms with Gasteiger partial charge in [0.2, 0.25) is 15.9 Å². The number of carbonyl (C=O) groups is 2. The van der Waals surface area contributed by atoms with Crippen molar-refractivity contribution in [2.45, 2.75) is 37.7 Å². The summed E-state index contributed by atoms with van der Waals surface area (Å²) in [5.74, 6) is -0.248. The number of fused-ring (bicyclic) bond motifs is 1. The van der Waals surface area contributed by atoms with Crippen molar-refractivity contribution in [1.82, 2.24) is 9.21 Å². The first kappa shape index (κ1) is 24.6. The molecule has 3 heterocycles. The summed E-state index contributed by atoms with van der Waals surface area (Å²) >= 11 is 0. The molecule has 3 aliphatic heterocycles. The highest BCUT2D eigenvalue weighted by molar-refractivity contribution is 7.89. The molecule has 0 spiro atoms. The number of benzene rings is 2. The van der Waals surface area contributed by atoms with E-state index < -0.39 is 16.1 Å². The summed E-state index contributed by atoms with van der Waals surface area (Å²) in [6.45, 7) is 6.64. The second-order valence-electron chi connectivity index (χ2n) is 9.71. The Labute approximate surface area is 212 Å². The van der Waals surface area contributed by atoms with Gasteiger partial charge < -0.3 is 19.9 Å². The van der Waals surface area contributed by atoms with E-state index in [-0.39, 0.29) is 29.2 Å². The predicted octanol–water partition coefficient (Wildman–Crippen LogP) is 2.46. The molecule has 3 aliphatic rings. The molecule has 10 heteroatoms. The molecule has 2 amide bonds. The summed E-state index contributed by atoms with van der Waals surface area (Å²) in [5, 5.41) is 2.75. The lowest BCUT2D eigenvalue weighted by atomic mass is 9.97. The number of aryl methyl sites for hydroxylation is 1. The molecule has 2 aromatic carbocycles. The summed E-state index contributed by atoms with van der Waals surface area (Å²) in [6, 6.07) is 13.3. The number of piperidine rings is 1. The van der Waals surface area contributed by atoms with Crippen molar-refractivity contribution in [3.63, 3.8) is 0 Å². The number of para-hydroxylation sites is 1. The van der Waals surface area contributed by atoms with Gasteiger partial charge in [0.25, 0.3) is 5.91 Å². The number of hydrogen-bond acceptors (Lipinski definition) is 6. The topological polar surface area (TPSA) is 99.3 Å². The highest BCUT2D eigenvalue weighted by Gasteiger charge is 2.37. The molecule has 2 saturated heterocycles. The lowest BCUT2D eigenvalue weighted by molar-refractivity contribution is -0.137. The molecule has 192 valence electrons. The average molecular weight is 513 g/mol. The molecule has 0 saturated carbocycles. The van der Waals surface area contributed by atoms with Crippen molar-refractivity contribution >= 4 is 33.2 Å². The Morgan fingerprint density at radius 2 is 1.78 bits per heavy atom. The first-order valence-corrected chi connectivity index (χ1v) is 13.9. The van der Waals surface area contributed by atoms with E-state index in [0.717, 1.165) is 18.8 Å². The summed E-state index contributed by atoms with van der Waals surface area (Å²) in [4.78, 5) is 29.6. The number of carbonyl (C=O) groups excluding carboxylic acids is 2. The Morgan fingerprint density at radius 3 is 2.50 bits per heavy atom. The van der Waals surface area contributed by atoms with Gasteiger partial charge in [-0.3, -0.25) is 9.59 Å². The van der Waals surface area contributed by atoms with E-state index in [9.17, 15) is 18.0 Å². The minimum Gasteiger partial charge on any atom is -0.479 e. The molecule has 0 unspecified atom stereocenters. The fraction of sp³-hybridized carbons (Fsp3) is 0.462. The average Bonchev–Trinajstić information content (AvgIpc) is 2.89. The van der Waals surface area contributed by atoms with Crippen LogP contribution in [0, 0.1) is 12.8 Å². The number of nitrogens with zero attached hydrogens (tertiary/aromatic N) is 3. The maximum Gasteiger partial charge on any atom is 0.265 e. The van der Waals surface area contributed by atoms with E-state index >= 15 is 0 Å². The van der Waals surface area contributed by atoms with Crippen LogP contribution in [0.1, 0.15) is 25.3 Å². The van der Waals surface area contributed by atoms with Crippen molar-refractivity contribution in [2.75, 3.05) is 49.5 Å². The molecule has 1 N–H and O–H groups in total. The summed E-state index contributed by atoms with van der Waals surface area (Å²) in [7, 11) is -3.84. The third-order valence-corrected chi connectivity index (χ3v) is 9.28. The van der Waals surface area contributed by atoms with Gasteiger partial charge in [0, 0.05) is 51.0 Å². The van der Waals surface area contributed by atoms with Gasteiger partial charge in [-0.25, -0.2) is 8.42 Å². The largest absolute Gasteiger partial charge is 0.479 e. The summed E-state index contributed by atoms with van der Waals surface area (Å²) in [5.41, 5.74) is 2.14. The molecule has 5 rings (SSSR count). The lowest BCUT2D eigenvalue weighted by Crippen LogP contribution is -2.53. The van der Waals surface area contributed by atoms with Crippen LogP contribution in [0.15, 0.2) is 47.4 Å². The Kier molecular flexibility index (Phi) is 6.65. The van der Waals surface area contributed by atoms with Crippen LogP contribution in [0.2, 0.25) is 0 Å². The number of hydrogen-bond donors (Lipinski definition) is 1. The molecule has 2 atom stereocenters. The van der Waals surface area contributed by atoms with Crippen molar-refractivity contribution in [2.24, 2.45) is 5.92 Å². The highest BCUT2D eigenvalue weighted by atomic mass is 32.2. The highest BCUT2D eigenvalue weighted by Crippen LogP contribution is 2.36. The van der Waals surface area contributed by atoms with Crippen LogP contribution in [-0.2, 0) is 19.6 Å². The number of sulfonamides is 1. The van der Waals surface area contributed by atoms with Crippen molar-refractivity contribution < 1.29 is 22.7 Å². The first-order chi connectivity index (χ1) is 17.2. The van der Waals surface area contributed by atoms with Crippen LogP contribution in [0.4, 0.5) is 11.4 Å². The second kappa shape index (κ2) is 9.74. The minimum absolute atomic E-state index is 0.0321. The first-order valence-electron chi connectivity index (χ1n) is 12.4. The van der Waals surface area contributed by atoms with Crippen LogP contribution in [0.5, 0.6) is 5.75 Å². The number of rotatable bonds is 4. The molecule has 0 bridgehead atoms. The van der Waals surface area contributed by atoms with Gasteiger partial charge in [-0.2, -0.15) is 4.31 Å². The van der Waals surface area contributed by atoms with Gasteiger partial charge in [0.05, 0.1) is 16.5 Å². The fourth-order valence-corrected chi connectivity index (χ4v) is 6.95. The Hall–Kier alpha value is -3.11. The van der Waals surface area contributed by atoms with Gasteiger partial charge in [-0.1, -0.05) is 18.2 Å². The SMILES string of the molecule is Cc1cc2c(cc1S(=O)(=O)N1CCC[C@@H](C(=O)N3CCN(c4ccccc4)CC3)C1)O[C@@H](C)C(=O)N2. The zero-order valence-electron chi connectivity index (χ0n) is 20.6. The number of amides is 2. The van der Waals surface area contributed by atoms with Gasteiger partial charge in [-0.05, 0) is 50.5 Å². The number of ether oxygens (including phenoxy) is 1. The maximum atomic E-state index is 13.6. The van der Waals surface area contributed by atoms with Gasteiger partial charge >= 0.3 is 0 Å². The van der Waals surface area contributed by atoms with Crippen molar-refractivity contribution in [3.05, 3.63) is 48.0 Å². The van der Waals surface area contributed by atoms with E-state index in [1.807, 2.05) is 23.1 Å². The Morgan fingerprint density at radius 1 is 1.06 bits per heavy atom. The van der Waals surface area contributed by atoms with E-state index in [1.165, 1.54) is 10.4 Å². The minimum atomic E-state index is -3.84. The third kappa shape index (κ3) is 4.67. The maximum absolute atomic E-state index is 13.6. The van der Waals surface area contributed by atoms with Crippen LogP contribution >= 0.6 is 0 Å². The quantitative estimate of drug-likeness (QED) is 0.676. The zero-order chi connectivity index (χ0) is 25.4. The van der Waals surface area contributed by atoms with Crippen LogP contribution in [-0.4, -0.2) is 74.8 Å². The van der Waals surface area contributed by atoms with Gasteiger partial charge in [0.1, 0.15) is 5.75 Å². The number of piperazine rings is 1. The summed E-state index contributed by atoms with van der Waals surface area (Å²) in [6.07, 6.45) is 0.613. The molecule has 36 heavy (non-hydrogen) atoms. The smallest absolute Gasteiger partial charge is 0.265 e. The lowest BCUT2D eigenvalue weighted by Gasteiger charge is -2.39. The van der Waals surface area contributed by atoms with E-state index in [2.05, 4.69) is 22.3 Å². The third-order valence-electron chi connectivity index (χ3n) is 7.27. The molecular weight excluding hydrogens is 480 g/mol. The van der Waals surface area contributed by atoms with E-state index in [4.69, 9.17) is 4.74 Å². The van der Waals surface area contributed by atoms with Crippen LogP contribution in [0.3, 0.4) is 0 Å². The normalized spacial score (nSPS) is 23.0. The Bertz CT molecular complexity index is 1260. The Balaban J connectivity index is 1.27. The van der Waals surface area contributed by atoms with Crippen LogP contribution in [0.25, 0.3) is 0 Å². The number of nitrogens with one attached hydrogen (secondary N) is 1. The molecule has 0 aromatic heterocycles.